The third-order valence-corrected chi connectivity index (χ3v) is 3.16. The lowest BCUT2D eigenvalue weighted by atomic mass is 10.2. The number of anilines is 1. The van der Waals surface area contributed by atoms with Crippen LogP contribution in [0.25, 0.3) is 11.0 Å². The van der Waals surface area contributed by atoms with Crippen LogP contribution in [0.1, 0.15) is 24.4 Å². The summed E-state index contributed by atoms with van der Waals surface area (Å²) in [5.74, 6) is 0.505. The molecule has 0 unspecified atom stereocenters. The molecular formula is C15H12F3N3O. The maximum absolute atomic E-state index is 12.6. The summed E-state index contributed by atoms with van der Waals surface area (Å²) in [7, 11) is 0. The highest BCUT2D eigenvalue weighted by Crippen LogP contribution is 2.29. The second-order valence-corrected chi connectivity index (χ2v) is 4.82. The Hall–Kier alpha value is -2.57. The van der Waals surface area contributed by atoms with Crippen molar-refractivity contribution < 1.29 is 17.6 Å². The number of rotatable bonds is 3. The number of halogens is 3. The molecule has 2 aromatic heterocycles. The van der Waals surface area contributed by atoms with Gasteiger partial charge in [-0.25, -0.2) is 9.97 Å². The number of hydrogen-bond acceptors (Lipinski definition) is 4. The van der Waals surface area contributed by atoms with Crippen LogP contribution < -0.4 is 5.32 Å². The molecule has 0 aliphatic carbocycles. The smallest absolute Gasteiger partial charge is 0.433 e. The van der Waals surface area contributed by atoms with Crippen LogP contribution in [-0.2, 0) is 6.18 Å². The first-order chi connectivity index (χ1) is 10.4. The Kier molecular flexibility index (Phi) is 3.48. The molecule has 4 nitrogen and oxygen atoms in total. The topological polar surface area (TPSA) is 51.0 Å². The molecule has 0 fully saturated rings. The summed E-state index contributed by atoms with van der Waals surface area (Å²) in [6, 6.07) is 9.76. The summed E-state index contributed by atoms with van der Waals surface area (Å²) in [6.45, 7) is 1.77. The minimum absolute atomic E-state index is 0.0946. The number of furan rings is 1. The molecule has 1 aromatic carbocycles. The Morgan fingerprint density at radius 3 is 2.68 bits per heavy atom. The van der Waals surface area contributed by atoms with E-state index in [1.54, 1.807) is 6.92 Å². The monoisotopic (exact) mass is 307 g/mol. The zero-order valence-electron chi connectivity index (χ0n) is 11.6. The van der Waals surface area contributed by atoms with Crippen LogP contribution in [0.4, 0.5) is 19.1 Å². The molecule has 114 valence electrons. The maximum Gasteiger partial charge on any atom is 0.433 e. The third kappa shape index (κ3) is 2.88. The van der Waals surface area contributed by atoms with Gasteiger partial charge in [0.05, 0.1) is 6.04 Å². The zero-order valence-corrected chi connectivity index (χ0v) is 11.6. The molecule has 22 heavy (non-hydrogen) atoms. The van der Waals surface area contributed by atoms with Crippen molar-refractivity contribution in [3.05, 3.63) is 54.0 Å². The lowest BCUT2D eigenvalue weighted by molar-refractivity contribution is -0.141. The van der Waals surface area contributed by atoms with E-state index in [0.717, 1.165) is 23.2 Å². The SMILES string of the molecule is C[C@H](Nc1nccc(C(F)(F)F)n1)c1cc2ccccc2o1. The van der Waals surface area contributed by atoms with Gasteiger partial charge in [0, 0.05) is 11.6 Å². The van der Waals surface area contributed by atoms with Crippen molar-refractivity contribution in [1.82, 2.24) is 9.97 Å². The number of nitrogens with zero attached hydrogens (tertiary/aromatic N) is 2. The highest BCUT2D eigenvalue weighted by Gasteiger charge is 2.32. The molecule has 7 heteroatoms. The van der Waals surface area contributed by atoms with E-state index in [0.29, 0.717) is 5.76 Å². The lowest BCUT2D eigenvalue weighted by Gasteiger charge is -2.12. The largest absolute Gasteiger partial charge is 0.459 e. The predicted molar refractivity (Wildman–Crippen MR) is 75.3 cm³/mol. The van der Waals surface area contributed by atoms with Crippen LogP contribution >= 0.6 is 0 Å². The molecule has 2 heterocycles. The molecule has 3 aromatic rings. The number of benzene rings is 1. The van der Waals surface area contributed by atoms with Gasteiger partial charge in [-0.2, -0.15) is 13.2 Å². The number of nitrogens with one attached hydrogen (secondary N) is 1. The molecule has 0 spiro atoms. The third-order valence-electron chi connectivity index (χ3n) is 3.16. The van der Waals surface area contributed by atoms with Gasteiger partial charge in [0.15, 0.2) is 0 Å². The van der Waals surface area contributed by atoms with E-state index >= 15 is 0 Å². The number of para-hydroxylation sites is 1. The Bertz CT molecular complexity index is 765. The molecule has 0 saturated heterocycles. The van der Waals surface area contributed by atoms with E-state index in [9.17, 15) is 13.2 Å². The summed E-state index contributed by atoms with van der Waals surface area (Å²) in [6.07, 6.45) is -3.43. The van der Waals surface area contributed by atoms with Crippen LogP contribution in [0.3, 0.4) is 0 Å². The second kappa shape index (κ2) is 5.32. The fourth-order valence-electron chi connectivity index (χ4n) is 2.07. The van der Waals surface area contributed by atoms with E-state index in [2.05, 4.69) is 15.3 Å². The summed E-state index contributed by atoms with van der Waals surface area (Å²) in [4.78, 5) is 7.28. The van der Waals surface area contributed by atoms with Crippen molar-refractivity contribution >= 4 is 16.9 Å². The van der Waals surface area contributed by atoms with E-state index in [-0.39, 0.29) is 12.0 Å². The normalized spacial score (nSPS) is 13.3. The maximum atomic E-state index is 12.6. The Labute approximate surface area is 124 Å². The minimum atomic E-state index is -4.50. The van der Waals surface area contributed by atoms with Gasteiger partial charge in [-0.15, -0.1) is 0 Å². The van der Waals surface area contributed by atoms with Gasteiger partial charge < -0.3 is 9.73 Å². The van der Waals surface area contributed by atoms with E-state index in [1.807, 2.05) is 30.3 Å². The first-order valence-corrected chi connectivity index (χ1v) is 6.59. The van der Waals surface area contributed by atoms with Crippen molar-refractivity contribution in [1.29, 1.82) is 0 Å². The Balaban J connectivity index is 1.83. The highest BCUT2D eigenvalue weighted by molar-refractivity contribution is 5.77. The zero-order chi connectivity index (χ0) is 15.7. The molecule has 0 aliphatic heterocycles. The van der Waals surface area contributed by atoms with E-state index in [4.69, 9.17) is 4.42 Å². The van der Waals surface area contributed by atoms with Crippen molar-refractivity contribution in [2.75, 3.05) is 5.32 Å². The molecule has 0 aliphatic rings. The van der Waals surface area contributed by atoms with E-state index in [1.165, 1.54) is 0 Å². The standard InChI is InChI=1S/C15H12F3N3O/c1-9(12-8-10-4-2-3-5-11(10)22-12)20-14-19-7-6-13(21-14)15(16,17)18/h2-9H,1H3,(H,19,20,21)/t9-/m0/s1. The fourth-order valence-corrected chi connectivity index (χ4v) is 2.07. The molecule has 1 N–H and O–H groups in total. The van der Waals surface area contributed by atoms with Gasteiger partial charge in [0.25, 0.3) is 0 Å². The Morgan fingerprint density at radius 2 is 1.95 bits per heavy atom. The highest BCUT2D eigenvalue weighted by atomic mass is 19.4. The first-order valence-electron chi connectivity index (χ1n) is 6.59. The van der Waals surface area contributed by atoms with E-state index < -0.39 is 11.9 Å². The molecular weight excluding hydrogens is 295 g/mol. The van der Waals surface area contributed by atoms with Gasteiger partial charge in [-0.05, 0) is 25.1 Å². The van der Waals surface area contributed by atoms with Crippen LogP contribution in [0.15, 0.2) is 47.0 Å². The minimum Gasteiger partial charge on any atom is -0.459 e. The van der Waals surface area contributed by atoms with Crippen LogP contribution in [-0.4, -0.2) is 9.97 Å². The predicted octanol–water partition coefficient (Wildman–Crippen LogP) is 4.41. The molecule has 0 radical (unpaired) electrons. The van der Waals surface area contributed by atoms with Crippen LogP contribution in [0.5, 0.6) is 0 Å². The molecule has 0 saturated carbocycles. The quantitative estimate of drug-likeness (QED) is 0.778. The first kappa shape index (κ1) is 14.4. The molecule has 0 bridgehead atoms. The number of aromatic nitrogens is 2. The molecule has 0 amide bonds. The number of alkyl halides is 3. The summed E-state index contributed by atoms with van der Waals surface area (Å²) in [5.41, 5.74) is -0.266. The summed E-state index contributed by atoms with van der Waals surface area (Å²) < 4.78 is 43.6. The van der Waals surface area contributed by atoms with Gasteiger partial charge in [-0.1, -0.05) is 18.2 Å². The average molecular weight is 307 g/mol. The van der Waals surface area contributed by atoms with Crippen LogP contribution in [0, 0.1) is 0 Å². The number of hydrogen-bond donors (Lipinski definition) is 1. The molecule has 1 atom stereocenters. The van der Waals surface area contributed by atoms with Gasteiger partial charge in [-0.3, -0.25) is 0 Å². The van der Waals surface area contributed by atoms with Crippen molar-refractivity contribution in [3.8, 4) is 0 Å². The number of fused-ring (bicyclic) bond motifs is 1. The van der Waals surface area contributed by atoms with Crippen LogP contribution in [0.2, 0.25) is 0 Å². The van der Waals surface area contributed by atoms with Crippen molar-refractivity contribution in [3.63, 3.8) is 0 Å². The lowest BCUT2D eigenvalue weighted by Crippen LogP contribution is -2.13. The van der Waals surface area contributed by atoms with Crippen molar-refractivity contribution in [2.45, 2.75) is 19.1 Å². The Morgan fingerprint density at radius 1 is 1.18 bits per heavy atom. The molecule has 3 rings (SSSR count). The van der Waals surface area contributed by atoms with Crippen molar-refractivity contribution in [2.24, 2.45) is 0 Å². The second-order valence-electron chi connectivity index (χ2n) is 4.82. The summed E-state index contributed by atoms with van der Waals surface area (Å²) >= 11 is 0. The fraction of sp³-hybridized carbons (Fsp3) is 0.200. The van der Waals surface area contributed by atoms with Gasteiger partial charge >= 0.3 is 6.18 Å². The van der Waals surface area contributed by atoms with Gasteiger partial charge in [0.1, 0.15) is 17.0 Å². The average Bonchev–Trinajstić information content (AvgIpc) is 2.90. The van der Waals surface area contributed by atoms with Gasteiger partial charge in [0.2, 0.25) is 5.95 Å². The summed E-state index contributed by atoms with van der Waals surface area (Å²) in [5, 5.41) is 3.74.